The van der Waals surface area contributed by atoms with Gasteiger partial charge in [0, 0.05) is 11.6 Å². The Labute approximate surface area is 116 Å². The van der Waals surface area contributed by atoms with Crippen LogP contribution >= 0.6 is 0 Å². The van der Waals surface area contributed by atoms with Gasteiger partial charge in [-0.05, 0) is 24.0 Å². The summed E-state index contributed by atoms with van der Waals surface area (Å²) < 4.78 is 12.4. The lowest BCUT2D eigenvalue weighted by molar-refractivity contribution is 0.624. The van der Waals surface area contributed by atoms with E-state index in [1.165, 1.54) is 18.7 Å². The summed E-state index contributed by atoms with van der Waals surface area (Å²) in [6, 6.07) is 3.23. The minimum absolute atomic E-state index is 0.299. The van der Waals surface area contributed by atoms with Crippen molar-refractivity contribution in [2.24, 2.45) is 11.8 Å². The summed E-state index contributed by atoms with van der Waals surface area (Å²) >= 11 is 0. The number of nitrogens with zero attached hydrogens (tertiary/aromatic N) is 1. The van der Waals surface area contributed by atoms with Crippen molar-refractivity contribution >= 4 is 11.0 Å². The molecule has 0 aliphatic rings. The standard InChI is InChI=1S/C7H5FN2.C5H12.C4H10/c8-6-3-5-1-2-9-7(5)10-4-6;1-4-5(2)3;1-4(2)3/h1-4H,(H,9,10);5H,4H2,1-3H3;4H,1-3H3. The number of hydrogen-bond acceptors (Lipinski definition) is 1. The van der Waals surface area contributed by atoms with Crippen molar-refractivity contribution in [2.45, 2.75) is 48.0 Å². The van der Waals surface area contributed by atoms with Gasteiger partial charge in [-0.3, -0.25) is 0 Å². The van der Waals surface area contributed by atoms with Crippen LogP contribution in [0, 0.1) is 17.7 Å². The van der Waals surface area contributed by atoms with E-state index in [1.807, 2.05) is 0 Å². The molecule has 0 aliphatic carbocycles. The molecule has 2 nitrogen and oxygen atoms in total. The third kappa shape index (κ3) is 9.23. The number of aromatic nitrogens is 2. The quantitative estimate of drug-likeness (QED) is 0.733. The fourth-order valence-electron chi connectivity index (χ4n) is 0.913. The fraction of sp³-hybridized carbons (Fsp3) is 0.562. The number of nitrogens with one attached hydrogen (secondary N) is 1. The lowest BCUT2D eigenvalue weighted by Gasteiger charge is -1.90. The molecule has 1 N–H and O–H groups in total. The topological polar surface area (TPSA) is 28.7 Å². The van der Waals surface area contributed by atoms with E-state index >= 15 is 0 Å². The zero-order valence-electron chi connectivity index (χ0n) is 13.0. The van der Waals surface area contributed by atoms with Crippen molar-refractivity contribution in [2.75, 3.05) is 0 Å². The summed E-state index contributed by atoms with van der Waals surface area (Å²) in [7, 11) is 0. The maximum atomic E-state index is 12.4. The fourth-order valence-corrected chi connectivity index (χ4v) is 0.913. The lowest BCUT2D eigenvalue weighted by Crippen LogP contribution is -1.77. The molecule has 108 valence electrons. The molecule has 0 aliphatic heterocycles. The van der Waals surface area contributed by atoms with Gasteiger partial charge >= 0.3 is 0 Å². The van der Waals surface area contributed by atoms with Gasteiger partial charge in [0.05, 0.1) is 6.20 Å². The first kappa shape index (κ1) is 17.6. The number of pyridine rings is 1. The summed E-state index contributed by atoms with van der Waals surface area (Å²) in [5.41, 5.74) is 0.724. The van der Waals surface area contributed by atoms with E-state index in [2.05, 4.69) is 51.5 Å². The van der Waals surface area contributed by atoms with Crippen molar-refractivity contribution in [3.63, 3.8) is 0 Å². The molecule has 0 bridgehead atoms. The summed E-state index contributed by atoms with van der Waals surface area (Å²) in [5.74, 6) is 1.42. The van der Waals surface area contributed by atoms with Gasteiger partial charge in [0.1, 0.15) is 11.5 Å². The van der Waals surface area contributed by atoms with Crippen LogP contribution in [0.15, 0.2) is 24.5 Å². The highest BCUT2D eigenvalue weighted by molar-refractivity contribution is 5.74. The van der Waals surface area contributed by atoms with Gasteiger partial charge < -0.3 is 4.98 Å². The first-order chi connectivity index (χ1) is 8.86. The Morgan fingerprint density at radius 2 is 1.74 bits per heavy atom. The normalized spacial score (nSPS) is 9.95. The average molecular weight is 266 g/mol. The van der Waals surface area contributed by atoms with Crippen LogP contribution < -0.4 is 0 Å². The minimum atomic E-state index is -0.299. The van der Waals surface area contributed by atoms with Gasteiger partial charge in [0.15, 0.2) is 0 Å². The van der Waals surface area contributed by atoms with Crippen molar-refractivity contribution in [3.8, 4) is 0 Å². The predicted octanol–water partition coefficient (Wildman–Crippen LogP) is 5.42. The Bertz CT molecular complexity index is 444. The molecule has 0 saturated carbocycles. The van der Waals surface area contributed by atoms with Gasteiger partial charge in [-0.15, -0.1) is 0 Å². The highest BCUT2D eigenvalue weighted by Gasteiger charge is 1.95. The number of H-pyrrole nitrogens is 1. The van der Waals surface area contributed by atoms with Crippen LogP contribution in [0.2, 0.25) is 0 Å². The van der Waals surface area contributed by atoms with E-state index in [4.69, 9.17) is 0 Å². The van der Waals surface area contributed by atoms with Crippen molar-refractivity contribution in [3.05, 3.63) is 30.3 Å². The SMILES string of the molecule is CC(C)C.CCC(C)C.Fc1cnc2[nH]ccc2c1. The number of fused-ring (bicyclic) bond motifs is 1. The summed E-state index contributed by atoms with van der Waals surface area (Å²) in [6.45, 7) is 13.1. The van der Waals surface area contributed by atoms with E-state index in [1.54, 1.807) is 12.3 Å². The molecule has 3 heteroatoms. The number of rotatable bonds is 1. The largest absolute Gasteiger partial charge is 0.346 e. The van der Waals surface area contributed by atoms with Crippen LogP contribution in [0.1, 0.15) is 48.0 Å². The lowest BCUT2D eigenvalue weighted by atomic mass is 10.2. The van der Waals surface area contributed by atoms with E-state index in [0.29, 0.717) is 0 Å². The second kappa shape index (κ2) is 9.54. The molecule has 0 atom stereocenters. The smallest absolute Gasteiger partial charge is 0.142 e. The molecule has 0 radical (unpaired) electrons. The maximum Gasteiger partial charge on any atom is 0.142 e. The first-order valence-electron chi connectivity index (χ1n) is 6.95. The number of halogens is 1. The zero-order valence-corrected chi connectivity index (χ0v) is 13.0. The van der Waals surface area contributed by atoms with Gasteiger partial charge in [-0.1, -0.05) is 48.0 Å². The predicted molar refractivity (Wildman–Crippen MR) is 81.7 cm³/mol. The maximum absolute atomic E-state index is 12.4. The minimum Gasteiger partial charge on any atom is -0.346 e. The molecule has 2 rings (SSSR count). The van der Waals surface area contributed by atoms with Crippen LogP contribution in [0.5, 0.6) is 0 Å². The van der Waals surface area contributed by atoms with E-state index in [0.717, 1.165) is 22.9 Å². The molecule has 0 amide bonds. The van der Waals surface area contributed by atoms with Crippen molar-refractivity contribution < 1.29 is 4.39 Å². The molecular weight excluding hydrogens is 239 g/mol. The third-order valence-electron chi connectivity index (χ3n) is 2.18. The summed E-state index contributed by atoms with van der Waals surface area (Å²) in [5, 5.41) is 0.806. The number of aromatic amines is 1. The molecule has 0 fully saturated rings. The zero-order chi connectivity index (χ0) is 14.8. The average Bonchev–Trinajstić information content (AvgIpc) is 2.76. The van der Waals surface area contributed by atoms with Crippen LogP contribution in [-0.4, -0.2) is 9.97 Å². The Morgan fingerprint density at radius 3 is 2.21 bits per heavy atom. The van der Waals surface area contributed by atoms with Crippen molar-refractivity contribution in [1.29, 1.82) is 0 Å². The second-order valence-electron chi connectivity index (χ2n) is 5.60. The Morgan fingerprint density at radius 1 is 1.21 bits per heavy atom. The monoisotopic (exact) mass is 266 g/mol. The second-order valence-corrected chi connectivity index (χ2v) is 5.60. The summed E-state index contributed by atoms with van der Waals surface area (Å²) in [4.78, 5) is 6.68. The molecule has 19 heavy (non-hydrogen) atoms. The third-order valence-corrected chi connectivity index (χ3v) is 2.18. The summed E-state index contributed by atoms with van der Waals surface area (Å²) in [6.07, 6.45) is 4.23. The highest BCUT2D eigenvalue weighted by atomic mass is 19.1. The molecule has 0 saturated heterocycles. The molecule has 0 spiro atoms. The van der Waals surface area contributed by atoms with Crippen LogP contribution in [-0.2, 0) is 0 Å². The molecule has 2 aromatic rings. The Kier molecular flexibility index (Phi) is 8.84. The highest BCUT2D eigenvalue weighted by Crippen LogP contribution is 2.09. The Balaban J connectivity index is 0.000000307. The molecule has 0 unspecified atom stereocenters. The van der Waals surface area contributed by atoms with Gasteiger partial charge in [-0.25, -0.2) is 9.37 Å². The van der Waals surface area contributed by atoms with E-state index < -0.39 is 0 Å². The van der Waals surface area contributed by atoms with Gasteiger partial charge in [0.2, 0.25) is 0 Å². The van der Waals surface area contributed by atoms with Crippen LogP contribution in [0.3, 0.4) is 0 Å². The van der Waals surface area contributed by atoms with Gasteiger partial charge in [-0.2, -0.15) is 0 Å². The van der Waals surface area contributed by atoms with E-state index in [9.17, 15) is 4.39 Å². The molecular formula is C16H27FN2. The molecule has 0 aromatic carbocycles. The van der Waals surface area contributed by atoms with E-state index in [-0.39, 0.29) is 5.82 Å². The molecule has 2 aromatic heterocycles. The van der Waals surface area contributed by atoms with Crippen LogP contribution in [0.4, 0.5) is 4.39 Å². The molecule has 2 heterocycles. The van der Waals surface area contributed by atoms with Crippen LogP contribution in [0.25, 0.3) is 11.0 Å². The van der Waals surface area contributed by atoms with Crippen molar-refractivity contribution in [1.82, 2.24) is 9.97 Å². The first-order valence-corrected chi connectivity index (χ1v) is 6.95. The Hall–Kier alpha value is -1.38. The number of hydrogen-bond donors (Lipinski definition) is 1. The van der Waals surface area contributed by atoms with Gasteiger partial charge in [0.25, 0.3) is 0 Å².